The molecule has 0 aliphatic heterocycles. The van der Waals surface area contributed by atoms with Crippen LogP contribution in [0.15, 0.2) is 55.1 Å². The van der Waals surface area contributed by atoms with Gasteiger partial charge in [-0.25, -0.2) is 9.78 Å². The Morgan fingerprint density at radius 1 is 0.923 bits per heavy atom. The summed E-state index contributed by atoms with van der Waals surface area (Å²) in [6, 6.07) is 10.5. The second-order valence-electron chi connectivity index (χ2n) is 11.2. The number of rotatable bonds is 10. The molecule has 1 fully saturated rings. The maximum atomic E-state index is 13.8. The fraction of sp³-hybridized carbons (Fsp3) is 0.484. The Morgan fingerprint density at radius 3 is 2.23 bits per heavy atom. The molecule has 0 spiro atoms. The molecule has 0 radical (unpaired) electrons. The van der Waals surface area contributed by atoms with Crippen molar-refractivity contribution in [2.45, 2.75) is 90.1 Å². The molecule has 0 bridgehead atoms. The van der Waals surface area contributed by atoms with E-state index >= 15 is 0 Å². The smallest absolute Gasteiger partial charge is 0.319 e. The zero-order chi connectivity index (χ0) is 27.8. The molecule has 3 amide bonds. The van der Waals surface area contributed by atoms with Crippen molar-refractivity contribution in [2.75, 3.05) is 5.32 Å². The van der Waals surface area contributed by atoms with E-state index in [2.05, 4.69) is 58.6 Å². The number of hydrogen-bond donors (Lipinski definition) is 4. The molecule has 2 heterocycles. The minimum atomic E-state index is -0.809. The van der Waals surface area contributed by atoms with E-state index in [-0.39, 0.29) is 30.2 Å². The maximum absolute atomic E-state index is 13.8. The SMILES string of the molecule is CC(C)c1cccc(C(C)C)c1NC(=O)NC(Cc1c[nH]cn1)C(=O)NC(c1ccccn1)C1CCCCC1. The van der Waals surface area contributed by atoms with Gasteiger partial charge in [0.2, 0.25) is 5.91 Å². The summed E-state index contributed by atoms with van der Waals surface area (Å²) in [6.07, 6.45) is 11.0. The van der Waals surface area contributed by atoms with Crippen LogP contribution in [0.2, 0.25) is 0 Å². The number of carbonyl (C=O) groups is 2. The van der Waals surface area contributed by atoms with Crippen molar-refractivity contribution in [3.63, 3.8) is 0 Å². The van der Waals surface area contributed by atoms with Crippen molar-refractivity contribution in [1.29, 1.82) is 0 Å². The number of H-pyrrole nitrogens is 1. The third-order valence-corrected chi connectivity index (χ3v) is 7.63. The van der Waals surface area contributed by atoms with Crippen LogP contribution in [-0.2, 0) is 11.2 Å². The Hall–Kier alpha value is -3.68. The number of amides is 3. The summed E-state index contributed by atoms with van der Waals surface area (Å²) in [6.45, 7) is 8.44. The van der Waals surface area contributed by atoms with Crippen LogP contribution >= 0.6 is 0 Å². The predicted octanol–water partition coefficient (Wildman–Crippen LogP) is 6.22. The molecule has 2 atom stereocenters. The normalized spacial score (nSPS) is 15.6. The molecule has 4 rings (SSSR count). The highest BCUT2D eigenvalue weighted by Crippen LogP contribution is 2.34. The van der Waals surface area contributed by atoms with Crippen molar-refractivity contribution >= 4 is 17.6 Å². The van der Waals surface area contributed by atoms with Gasteiger partial charge in [-0.05, 0) is 53.9 Å². The number of hydrogen-bond acceptors (Lipinski definition) is 4. The summed E-state index contributed by atoms with van der Waals surface area (Å²) in [7, 11) is 0. The molecule has 1 aromatic carbocycles. The number of nitrogens with one attached hydrogen (secondary N) is 4. The summed E-state index contributed by atoms with van der Waals surface area (Å²) in [5, 5.41) is 9.31. The summed E-state index contributed by atoms with van der Waals surface area (Å²) in [4.78, 5) is 39.1. The highest BCUT2D eigenvalue weighted by molar-refractivity contribution is 5.95. The van der Waals surface area contributed by atoms with Crippen molar-refractivity contribution in [3.05, 3.63) is 77.6 Å². The zero-order valence-electron chi connectivity index (χ0n) is 23.5. The van der Waals surface area contributed by atoms with Crippen molar-refractivity contribution in [1.82, 2.24) is 25.6 Å². The van der Waals surface area contributed by atoms with Crippen LogP contribution in [0.5, 0.6) is 0 Å². The van der Waals surface area contributed by atoms with Crippen LogP contribution in [-0.4, -0.2) is 32.9 Å². The third-order valence-electron chi connectivity index (χ3n) is 7.63. The highest BCUT2D eigenvalue weighted by Gasteiger charge is 2.31. The summed E-state index contributed by atoms with van der Waals surface area (Å²) < 4.78 is 0. The molecule has 1 aliphatic rings. The quantitative estimate of drug-likeness (QED) is 0.249. The van der Waals surface area contributed by atoms with Crippen LogP contribution in [0.4, 0.5) is 10.5 Å². The van der Waals surface area contributed by atoms with E-state index in [4.69, 9.17) is 0 Å². The van der Waals surface area contributed by atoms with E-state index in [1.54, 1.807) is 18.7 Å². The van der Waals surface area contributed by atoms with E-state index in [1.807, 2.05) is 36.4 Å². The molecule has 0 saturated heterocycles. The Kier molecular flexibility index (Phi) is 9.74. The van der Waals surface area contributed by atoms with E-state index in [0.29, 0.717) is 11.6 Å². The number of imidazole rings is 1. The monoisotopic (exact) mass is 530 g/mol. The lowest BCUT2D eigenvalue weighted by Crippen LogP contribution is -2.51. The summed E-state index contributed by atoms with van der Waals surface area (Å²) in [5.74, 6) is 0.535. The Labute approximate surface area is 231 Å². The average molecular weight is 531 g/mol. The molecule has 1 aliphatic carbocycles. The van der Waals surface area contributed by atoms with Gasteiger partial charge >= 0.3 is 6.03 Å². The van der Waals surface area contributed by atoms with Crippen LogP contribution in [0.3, 0.4) is 0 Å². The van der Waals surface area contributed by atoms with Gasteiger partial charge in [0.15, 0.2) is 0 Å². The molecule has 8 nitrogen and oxygen atoms in total. The summed E-state index contributed by atoms with van der Waals surface area (Å²) in [5.41, 5.74) is 4.50. The molecule has 8 heteroatoms. The average Bonchev–Trinajstić information content (AvgIpc) is 3.45. The Balaban J connectivity index is 1.56. The maximum Gasteiger partial charge on any atom is 0.319 e. The van der Waals surface area contributed by atoms with Crippen LogP contribution in [0.25, 0.3) is 0 Å². The van der Waals surface area contributed by atoms with Crippen LogP contribution < -0.4 is 16.0 Å². The molecular weight excluding hydrogens is 488 g/mol. The van der Waals surface area contributed by atoms with Gasteiger partial charge in [0.05, 0.1) is 23.8 Å². The van der Waals surface area contributed by atoms with E-state index in [0.717, 1.165) is 48.2 Å². The van der Waals surface area contributed by atoms with Gasteiger partial charge in [-0.3, -0.25) is 9.78 Å². The molecular formula is C31H42N6O2. The van der Waals surface area contributed by atoms with Gasteiger partial charge in [-0.1, -0.05) is 71.2 Å². The second-order valence-corrected chi connectivity index (χ2v) is 11.2. The van der Waals surface area contributed by atoms with E-state index < -0.39 is 12.1 Å². The first-order valence-corrected chi connectivity index (χ1v) is 14.2. The predicted molar refractivity (Wildman–Crippen MR) is 155 cm³/mol. The van der Waals surface area contributed by atoms with Crippen LogP contribution in [0.1, 0.15) is 100 Å². The number of nitrogens with zero attached hydrogens (tertiary/aromatic N) is 2. The first-order chi connectivity index (χ1) is 18.8. The molecule has 1 saturated carbocycles. The number of urea groups is 1. The molecule has 39 heavy (non-hydrogen) atoms. The number of benzene rings is 1. The fourth-order valence-electron chi connectivity index (χ4n) is 5.54. The largest absolute Gasteiger partial charge is 0.351 e. The minimum absolute atomic E-state index is 0.209. The van der Waals surface area contributed by atoms with Crippen molar-refractivity contribution in [2.24, 2.45) is 5.92 Å². The number of para-hydroxylation sites is 1. The van der Waals surface area contributed by atoms with Crippen molar-refractivity contribution < 1.29 is 9.59 Å². The lowest BCUT2D eigenvalue weighted by atomic mass is 9.82. The van der Waals surface area contributed by atoms with Gasteiger partial charge in [0.25, 0.3) is 0 Å². The molecule has 2 unspecified atom stereocenters. The molecule has 208 valence electrons. The molecule has 2 aromatic heterocycles. The Bertz CT molecular complexity index is 1180. The number of pyridine rings is 1. The molecule has 3 aromatic rings. The first kappa shape index (κ1) is 28.3. The summed E-state index contributed by atoms with van der Waals surface area (Å²) >= 11 is 0. The Morgan fingerprint density at radius 2 is 1.64 bits per heavy atom. The van der Waals surface area contributed by atoms with E-state index in [1.165, 1.54) is 6.42 Å². The standard InChI is InChI=1S/C31H42N6O2/c1-20(2)24-13-10-14-25(21(3)4)29(24)37-31(39)35-27(17-23-18-32-19-34-23)30(38)36-28(22-11-6-5-7-12-22)26-15-8-9-16-33-26/h8-10,13-16,18-22,27-28H,5-7,11-12,17H2,1-4H3,(H,32,34)(H,36,38)(H2,35,37,39). The van der Waals surface area contributed by atoms with E-state index in [9.17, 15) is 9.59 Å². The number of anilines is 1. The van der Waals surface area contributed by atoms with Gasteiger partial charge in [-0.15, -0.1) is 0 Å². The minimum Gasteiger partial charge on any atom is -0.351 e. The molecule has 4 N–H and O–H groups in total. The zero-order valence-corrected chi connectivity index (χ0v) is 23.5. The lowest BCUT2D eigenvalue weighted by molar-refractivity contribution is -0.124. The lowest BCUT2D eigenvalue weighted by Gasteiger charge is -2.32. The van der Waals surface area contributed by atoms with Gasteiger partial charge < -0.3 is 20.9 Å². The topological polar surface area (TPSA) is 112 Å². The van der Waals surface area contributed by atoms with Gasteiger partial charge in [-0.2, -0.15) is 0 Å². The third kappa shape index (κ3) is 7.46. The first-order valence-electron chi connectivity index (χ1n) is 14.2. The van der Waals surface area contributed by atoms with Crippen LogP contribution in [0, 0.1) is 5.92 Å². The number of aromatic nitrogens is 3. The second kappa shape index (κ2) is 13.4. The fourth-order valence-corrected chi connectivity index (χ4v) is 5.54. The van der Waals surface area contributed by atoms with Gasteiger partial charge in [0, 0.05) is 24.5 Å². The number of carbonyl (C=O) groups excluding carboxylic acids is 2. The van der Waals surface area contributed by atoms with Crippen molar-refractivity contribution in [3.8, 4) is 0 Å². The van der Waals surface area contributed by atoms with Gasteiger partial charge in [0.1, 0.15) is 6.04 Å². The number of aromatic amines is 1. The highest BCUT2D eigenvalue weighted by atomic mass is 16.2.